The maximum absolute atomic E-state index is 12.1. The fourth-order valence-electron chi connectivity index (χ4n) is 1.74. The first-order valence-electron chi connectivity index (χ1n) is 6.59. The molecule has 0 saturated carbocycles. The lowest BCUT2D eigenvalue weighted by atomic mass is 10.6. The standard InChI is InChI=1S/C11H24N4O2S3.HI/c1-12-11(13-3-7-18-2)14-4-10-20(16,17)15-5-8-19-9-6-15;/h3-10H2,1-2H3,(H2,12,13,14);1H. The first-order chi connectivity index (χ1) is 9.60. The SMILES string of the molecule is CN=C(NCCSC)NCCS(=O)(=O)N1CCSCC1.I. The lowest BCUT2D eigenvalue weighted by Crippen LogP contribution is -2.44. The normalized spacial score (nSPS) is 17.1. The summed E-state index contributed by atoms with van der Waals surface area (Å²) in [6.45, 7) is 2.46. The molecular weight excluding hydrogens is 443 g/mol. The molecule has 1 rings (SSSR count). The summed E-state index contributed by atoms with van der Waals surface area (Å²) in [6.07, 6.45) is 2.04. The maximum Gasteiger partial charge on any atom is 0.215 e. The number of nitrogens with zero attached hydrogens (tertiary/aromatic N) is 2. The van der Waals surface area contributed by atoms with Gasteiger partial charge >= 0.3 is 0 Å². The van der Waals surface area contributed by atoms with Gasteiger partial charge in [0.25, 0.3) is 0 Å². The van der Waals surface area contributed by atoms with E-state index in [-0.39, 0.29) is 29.7 Å². The second-order valence-corrected chi connectivity index (χ2v) is 8.54. The van der Waals surface area contributed by atoms with Crippen LogP contribution in [0.5, 0.6) is 0 Å². The molecule has 1 saturated heterocycles. The summed E-state index contributed by atoms with van der Waals surface area (Å²) >= 11 is 3.56. The van der Waals surface area contributed by atoms with Crippen molar-refractivity contribution >= 4 is 63.5 Å². The Labute approximate surface area is 153 Å². The van der Waals surface area contributed by atoms with E-state index in [9.17, 15) is 8.42 Å². The average molecular weight is 468 g/mol. The third kappa shape index (κ3) is 8.72. The maximum atomic E-state index is 12.1. The molecule has 0 amide bonds. The lowest BCUT2D eigenvalue weighted by Gasteiger charge is -2.25. The number of nitrogens with one attached hydrogen (secondary N) is 2. The second-order valence-electron chi connectivity index (χ2n) is 4.25. The van der Waals surface area contributed by atoms with Crippen molar-refractivity contribution in [1.82, 2.24) is 14.9 Å². The Hall–Kier alpha value is 0.610. The van der Waals surface area contributed by atoms with Crippen molar-refractivity contribution in [3.8, 4) is 0 Å². The van der Waals surface area contributed by atoms with E-state index in [1.165, 1.54) is 0 Å². The molecule has 6 nitrogen and oxygen atoms in total. The van der Waals surface area contributed by atoms with Crippen molar-refractivity contribution in [2.75, 3.05) is 62.5 Å². The van der Waals surface area contributed by atoms with Gasteiger partial charge in [-0.05, 0) is 6.26 Å². The quantitative estimate of drug-likeness (QED) is 0.246. The zero-order valence-corrected chi connectivity index (χ0v) is 17.3. The van der Waals surface area contributed by atoms with E-state index in [4.69, 9.17) is 0 Å². The summed E-state index contributed by atoms with van der Waals surface area (Å²) < 4.78 is 25.9. The molecule has 1 fully saturated rings. The van der Waals surface area contributed by atoms with Gasteiger partial charge in [-0.25, -0.2) is 12.7 Å². The highest BCUT2D eigenvalue weighted by Crippen LogP contribution is 2.12. The second kappa shape index (κ2) is 12.1. The van der Waals surface area contributed by atoms with Gasteiger partial charge < -0.3 is 10.6 Å². The molecule has 0 radical (unpaired) electrons. The van der Waals surface area contributed by atoms with Gasteiger partial charge in [0.1, 0.15) is 0 Å². The molecule has 0 aromatic carbocycles. The summed E-state index contributed by atoms with van der Waals surface area (Å²) in [5, 5.41) is 6.18. The van der Waals surface area contributed by atoms with E-state index in [2.05, 4.69) is 15.6 Å². The van der Waals surface area contributed by atoms with Gasteiger partial charge in [0, 0.05) is 50.5 Å². The highest BCUT2D eigenvalue weighted by Gasteiger charge is 2.23. The molecule has 1 aliphatic heterocycles. The van der Waals surface area contributed by atoms with Crippen LogP contribution in [0.15, 0.2) is 4.99 Å². The highest BCUT2D eigenvalue weighted by atomic mass is 127. The highest BCUT2D eigenvalue weighted by molar-refractivity contribution is 14.0. The third-order valence-electron chi connectivity index (χ3n) is 2.84. The van der Waals surface area contributed by atoms with Crippen LogP contribution in [-0.4, -0.2) is 81.2 Å². The predicted molar refractivity (Wildman–Crippen MR) is 106 cm³/mol. The number of halogens is 1. The number of hydrogen-bond donors (Lipinski definition) is 2. The summed E-state index contributed by atoms with van der Waals surface area (Å²) in [6, 6.07) is 0. The van der Waals surface area contributed by atoms with Crippen LogP contribution in [0.2, 0.25) is 0 Å². The minimum Gasteiger partial charge on any atom is -0.356 e. The molecule has 0 spiro atoms. The first kappa shape index (κ1) is 21.6. The smallest absolute Gasteiger partial charge is 0.215 e. The van der Waals surface area contributed by atoms with Crippen molar-refractivity contribution in [3.05, 3.63) is 0 Å². The number of sulfonamides is 1. The first-order valence-corrected chi connectivity index (χ1v) is 10.7. The fourth-order valence-corrected chi connectivity index (χ4v) is 4.54. The molecule has 0 unspecified atom stereocenters. The van der Waals surface area contributed by atoms with E-state index in [1.54, 1.807) is 34.9 Å². The van der Waals surface area contributed by atoms with Crippen molar-refractivity contribution in [2.45, 2.75) is 0 Å². The molecule has 1 heterocycles. The summed E-state index contributed by atoms with van der Waals surface area (Å²) in [4.78, 5) is 4.07. The molecular formula is C11H25IN4O2S3. The summed E-state index contributed by atoms with van der Waals surface area (Å²) in [7, 11) is -1.46. The summed E-state index contributed by atoms with van der Waals surface area (Å²) in [5.74, 6) is 3.55. The largest absolute Gasteiger partial charge is 0.356 e. The minimum absolute atomic E-state index is 0. The molecule has 0 aliphatic carbocycles. The van der Waals surface area contributed by atoms with E-state index < -0.39 is 10.0 Å². The van der Waals surface area contributed by atoms with E-state index in [0.29, 0.717) is 25.6 Å². The van der Waals surface area contributed by atoms with Gasteiger partial charge in [0.15, 0.2) is 5.96 Å². The topological polar surface area (TPSA) is 73.8 Å². The van der Waals surface area contributed by atoms with Gasteiger partial charge in [-0.15, -0.1) is 24.0 Å². The van der Waals surface area contributed by atoms with Gasteiger partial charge in [-0.2, -0.15) is 23.5 Å². The average Bonchev–Trinajstić information content (AvgIpc) is 2.46. The van der Waals surface area contributed by atoms with Crippen LogP contribution in [0.4, 0.5) is 0 Å². The molecule has 0 atom stereocenters. The van der Waals surface area contributed by atoms with Crippen molar-refractivity contribution in [3.63, 3.8) is 0 Å². The Kier molecular flexibility index (Phi) is 12.4. The Bertz CT molecular complexity index is 400. The molecule has 0 aromatic heterocycles. The molecule has 1 aliphatic rings. The molecule has 126 valence electrons. The van der Waals surface area contributed by atoms with Gasteiger partial charge in [-0.1, -0.05) is 0 Å². The monoisotopic (exact) mass is 468 g/mol. The van der Waals surface area contributed by atoms with Crippen molar-refractivity contribution in [1.29, 1.82) is 0 Å². The van der Waals surface area contributed by atoms with Gasteiger partial charge in [0.2, 0.25) is 10.0 Å². The van der Waals surface area contributed by atoms with Crippen LogP contribution >= 0.6 is 47.5 Å². The molecule has 21 heavy (non-hydrogen) atoms. The minimum atomic E-state index is -3.14. The van der Waals surface area contributed by atoms with Gasteiger partial charge in [-0.3, -0.25) is 4.99 Å². The van der Waals surface area contributed by atoms with E-state index in [1.807, 2.05) is 6.26 Å². The van der Waals surface area contributed by atoms with Crippen LogP contribution < -0.4 is 10.6 Å². The van der Waals surface area contributed by atoms with Crippen LogP contribution in [-0.2, 0) is 10.0 Å². The number of thioether (sulfide) groups is 2. The van der Waals surface area contributed by atoms with Crippen LogP contribution in [0.1, 0.15) is 0 Å². The Morgan fingerprint density at radius 3 is 2.48 bits per heavy atom. The Morgan fingerprint density at radius 1 is 1.29 bits per heavy atom. The fraction of sp³-hybridized carbons (Fsp3) is 0.909. The zero-order chi connectivity index (χ0) is 14.8. The van der Waals surface area contributed by atoms with Gasteiger partial charge in [0.05, 0.1) is 5.75 Å². The number of aliphatic imine (C=N–C) groups is 1. The third-order valence-corrected chi connectivity index (χ3v) is 6.26. The Balaban J connectivity index is 0.00000400. The zero-order valence-electron chi connectivity index (χ0n) is 12.5. The molecule has 10 heteroatoms. The van der Waals surface area contributed by atoms with Crippen LogP contribution in [0, 0.1) is 0 Å². The Morgan fingerprint density at radius 2 is 1.90 bits per heavy atom. The van der Waals surface area contributed by atoms with Crippen molar-refractivity contribution < 1.29 is 8.42 Å². The number of hydrogen-bond acceptors (Lipinski definition) is 5. The van der Waals surface area contributed by atoms with Crippen molar-refractivity contribution in [2.24, 2.45) is 4.99 Å². The van der Waals surface area contributed by atoms with Crippen LogP contribution in [0.25, 0.3) is 0 Å². The molecule has 2 N–H and O–H groups in total. The summed E-state index contributed by atoms with van der Waals surface area (Å²) in [5.41, 5.74) is 0. The molecule has 0 bridgehead atoms. The number of guanidine groups is 1. The lowest BCUT2D eigenvalue weighted by molar-refractivity contribution is 0.443. The van der Waals surface area contributed by atoms with E-state index in [0.717, 1.165) is 23.8 Å². The molecule has 0 aromatic rings. The number of rotatable bonds is 7. The van der Waals surface area contributed by atoms with E-state index >= 15 is 0 Å². The predicted octanol–water partition coefficient (Wildman–Crippen LogP) is 0.511. The van der Waals surface area contributed by atoms with Crippen LogP contribution in [0.3, 0.4) is 0 Å².